The monoisotopic (exact) mass is 508 g/mol. The van der Waals surface area contributed by atoms with Crippen molar-refractivity contribution in [1.29, 1.82) is 0 Å². The number of Topliss-reactive ketones (excluding diaryl/α,β-unsaturated/α-hetero) is 1. The number of hydrogen-bond acceptors (Lipinski definition) is 5. The second-order valence-electron chi connectivity index (χ2n) is 10.2. The van der Waals surface area contributed by atoms with Crippen molar-refractivity contribution in [3.63, 3.8) is 0 Å². The largest absolute Gasteiger partial charge is 0.296 e. The summed E-state index contributed by atoms with van der Waals surface area (Å²) in [5, 5.41) is 4.13. The molecule has 5 heteroatoms. The van der Waals surface area contributed by atoms with Crippen molar-refractivity contribution in [3.05, 3.63) is 124 Å². The van der Waals surface area contributed by atoms with Gasteiger partial charge in [-0.15, -0.1) is 11.3 Å². The van der Waals surface area contributed by atoms with Gasteiger partial charge in [-0.3, -0.25) is 14.5 Å². The Morgan fingerprint density at radius 2 is 1.62 bits per heavy atom. The van der Waals surface area contributed by atoms with Gasteiger partial charge in [0.25, 0.3) is 0 Å². The Morgan fingerprint density at radius 3 is 2.30 bits per heavy atom. The number of piperidine rings is 1. The fourth-order valence-electron chi connectivity index (χ4n) is 5.96. The minimum atomic E-state index is -0.975. The molecule has 1 spiro atoms. The number of hydroxylamine groups is 1. The number of ketones is 1. The van der Waals surface area contributed by atoms with Crippen LogP contribution in [0, 0.1) is 6.92 Å². The molecule has 1 aromatic heterocycles. The van der Waals surface area contributed by atoms with E-state index >= 15 is 0 Å². The summed E-state index contributed by atoms with van der Waals surface area (Å²) in [7, 11) is 0. The number of nitrogens with zero attached hydrogens (tertiary/aromatic N) is 2. The lowest BCUT2D eigenvalue weighted by Crippen LogP contribution is -2.57. The molecule has 0 saturated carbocycles. The van der Waals surface area contributed by atoms with Gasteiger partial charge in [0.2, 0.25) is 0 Å². The molecule has 188 valence electrons. The molecule has 2 saturated heterocycles. The van der Waals surface area contributed by atoms with Gasteiger partial charge in [-0.2, -0.15) is 0 Å². The standard InChI is InChI=1S/C32H32N2O2S/c1-23-15-17-26(18-16-23)31-30(28-14-9-21-37-28)32(36-34(31)27-12-7-4-8-13-27)22-33(20-19-29(32)35)24(2)25-10-5-3-6-11-25/h3-18,21,24,30-31H,19-20,22H2,1-2H3/t24-,30-,31-,32?/m0/s1. The van der Waals surface area contributed by atoms with E-state index in [9.17, 15) is 4.79 Å². The van der Waals surface area contributed by atoms with Crippen molar-refractivity contribution >= 4 is 22.8 Å². The van der Waals surface area contributed by atoms with E-state index in [2.05, 4.69) is 96.9 Å². The van der Waals surface area contributed by atoms with Crippen LogP contribution in [0.2, 0.25) is 0 Å². The third-order valence-electron chi connectivity index (χ3n) is 7.98. The molecule has 3 aromatic carbocycles. The van der Waals surface area contributed by atoms with Crippen LogP contribution >= 0.6 is 11.3 Å². The molecule has 1 unspecified atom stereocenters. The van der Waals surface area contributed by atoms with E-state index in [0.717, 1.165) is 17.8 Å². The van der Waals surface area contributed by atoms with E-state index in [1.54, 1.807) is 11.3 Å². The summed E-state index contributed by atoms with van der Waals surface area (Å²) in [6, 6.07) is 33.8. The first kappa shape index (κ1) is 24.1. The molecule has 4 nitrogen and oxygen atoms in total. The number of thiophene rings is 1. The number of likely N-dealkylation sites (tertiary alicyclic amines) is 1. The highest BCUT2D eigenvalue weighted by atomic mass is 32.1. The highest BCUT2D eigenvalue weighted by Gasteiger charge is 2.62. The van der Waals surface area contributed by atoms with Crippen molar-refractivity contribution in [1.82, 2.24) is 4.90 Å². The van der Waals surface area contributed by atoms with Crippen molar-refractivity contribution in [2.75, 3.05) is 18.2 Å². The van der Waals surface area contributed by atoms with Crippen LogP contribution in [0.1, 0.15) is 52.9 Å². The number of rotatable bonds is 5. The van der Waals surface area contributed by atoms with Gasteiger partial charge in [0.1, 0.15) is 0 Å². The van der Waals surface area contributed by atoms with Gasteiger partial charge in [0.15, 0.2) is 11.4 Å². The van der Waals surface area contributed by atoms with Crippen LogP contribution < -0.4 is 5.06 Å². The summed E-state index contributed by atoms with van der Waals surface area (Å²) in [4.78, 5) is 24.7. The maximum atomic E-state index is 14.1. The van der Waals surface area contributed by atoms with Crippen LogP contribution in [-0.2, 0) is 9.63 Å². The zero-order chi connectivity index (χ0) is 25.4. The van der Waals surface area contributed by atoms with Gasteiger partial charge < -0.3 is 0 Å². The van der Waals surface area contributed by atoms with Gasteiger partial charge >= 0.3 is 0 Å². The Labute approximate surface area is 223 Å². The topological polar surface area (TPSA) is 32.8 Å². The summed E-state index contributed by atoms with van der Waals surface area (Å²) >= 11 is 1.72. The average Bonchev–Trinajstić information content (AvgIpc) is 3.58. The lowest BCUT2D eigenvalue weighted by molar-refractivity contribution is -0.151. The minimum absolute atomic E-state index is 0.127. The molecule has 0 N–H and O–H groups in total. The molecule has 2 aliphatic rings. The first-order valence-electron chi connectivity index (χ1n) is 13.0. The van der Waals surface area contributed by atoms with Crippen LogP contribution in [0.3, 0.4) is 0 Å². The molecule has 3 heterocycles. The molecule has 0 radical (unpaired) electrons. The van der Waals surface area contributed by atoms with Gasteiger partial charge in [-0.25, -0.2) is 5.06 Å². The average molecular weight is 509 g/mol. The number of carbonyl (C=O) groups is 1. The second-order valence-corrected chi connectivity index (χ2v) is 11.2. The Morgan fingerprint density at radius 1 is 0.919 bits per heavy atom. The Bertz CT molecular complexity index is 1340. The van der Waals surface area contributed by atoms with E-state index in [1.165, 1.54) is 16.0 Å². The Hall–Kier alpha value is -3.25. The molecule has 0 amide bonds. The number of carbonyl (C=O) groups excluding carboxylic acids is 1. The maximum absolute atomic E-state index is 14.1. The zero-order valence-corrected chi connectivity index (χ0v) is 22.1. The fourth-order valence-corrected chi connectivity index (χ4v) is 6.90. The van der Waals surface area contributed by atoms with Crippen LogP contribution in [-0.4, -0.2) is 29.4 Å². The summed E-state index contributed by atoms with van der Waals surface area (Å²) in [6.07, 6.45) is 0.475. The van der Waals surface area contributed by atoms with Gasteiger partial charge in [-0.05, 0) is 48.6 Å². The van der Waals surface area contributed by atoms with Crippen molar-refractivity contribution in [2.24, 2.45) is 0 Å². The summed E-state index contributed by atoms with van der Waals surface area (Å²) in [5.41, 5.74) is 3.62. The summed E-state index contributed by atoms with van der Waals surface area (Å²) < 4.78 is 0. The number of anilines is 1. The molecular formula is C32H32N2O2S. The lowest BCUT2D eigenvalue weighted by atomic mass is 9.74. The molecule has 2 aliphatic heterocycles. The third kappa shape index (κ3) is 4.31. The molecular weight excluding hydrogens is 476 g/mol. The van der Waals surface area contributed by atoms with E-state index in [0.29, 0.717) is 13.0 Å². The minimum Gasteiger partial charge on any atom is -0.296 e. The second kappa shape index (κ2) is 9.90. The maximum Gasteiger partial charge on any atom is 0.176 e. The number of aryl methyl sites for hydroxylation is 1. The Balaban J connectivity index is 1.49. The molecule has 4 aromatic rings. The molecule has 2 fully saturated rings. The fraction of sp³-hybridized carbons (Fsp3) is 0.281. The van der Waals surface area contributed by atoms with Crippen LogP contribution in [0.15, 0.2) is 102 Å². The van der Waals surface area contributed by atoms with Crippen molar-refractivity contribution in [2.45, 2.75) is 43.9 Å². The van der Waals surface area contributed by atoms with Crippen LogP contribution in [0.4, 0.5) is 5.69 Å². The first-order valence-corrected chi connectivity index (χ1v) is 13.9. The first-order chi connectivity index (χ1) is 18.1. The predicted octanol–water partition coefficient (Wildman–Crippen LogP) is 7.11. The molecule has 6 rings (SSSR count). The number of para-hydroxylation sites is 1. The summed E-state index contributed by atoms with van der Waals surface area (Å²) in [5.74, 6) is 0.0617. The van der Waals surface area contributed by atoms with Gasteiger partial charge in [0.05, 0.1) is 17.6 Å². The molecule has 4 atom stereocenters. The molecule has 0 aliphatic carbocycles. The third-order valence-corrected chi connectivity index (χ3v) is 8.93. The molecule has 0 bridgehead atoms. The normalized spacial score (nSPS) is 25.0. The summed E-state index contributed by atoms with van der Waals surface area (Å²) in [6.45, 7) is 5.63. The predicted molar refractivity (Wildman–Crippen MR) is 150 cm³/mol. The van der Waals surface area contributed by atoms with Crippen LogP contribution in [0.5, 0.6) is 0 Å². The van der Waals surface area contributed by atoms with E-state index in [-0.39, 0.29) is 23.8 Å². The lowest BCUT2D eigenvalue weighted by Gasteiger charge is -2.43. The van der Waals surface area contributed by atoms with Crippen molar-refractivity contribution < 1.29 is 9.63 Å². The quantitative estimate of drug-likeness (QED) is 0.288. The zero-order valence-electron chi connectivity index (χ0n) is 21.3. The number of benzene rings is 3. The van der Waals surface area contributed by atoms with E-state index < -0.39 is 5.60 Å². The Kier molecular flexibility index (Phi) is 6.45. The van der Waals surface area contributed by atoms with Gasteiger partial charge in [0, 0.05) is 30.4 Å². The highest BCUT2D eigenvalue weighted by Crippen LogP contribution is 2.56. The highest BCUT2D eigenvalue weighted by molar-refractivity contribution is 7.10. The van der Waals surface area contributed by atoms with Gasteiger partial charge in [-0.1, -0.05) is 84.4 Å². The van der Waals surface area contributed by atoms with E-state index in [1.807, 2.05) is 29.3 Å². The van der Waals surface area contributed by atoms with Crippen molar-refractivity contribution in [3.8, 4) is 0 Å². The molecule has 37 heavy (non-hydrogen) atoms. The SMILES string of the molecule is Cc1ccc([C@H]2[C@H](c3cccs3)C3(CN([C@@H](C)c4ccccc4)CCC3=O)ON2c2ccccc2)cc1. The number of hydrogen-bond donors (Lipinski definition) is 0. The van der Waals surface area contributed by atoms with Crippen LogP contribution in [0.25, 0.3) is 0 Å². The van der Waals surface area contributed by atoms with E-state index in [4.69, 9.17) is 4.84 Å². The smallest absolute Gasteiger partial charge is 0.176 e.